The number of carbonyl (C=O) groups excluding carboxylic acids is 1. The number of rotatable bonds is 7. The molecule has 7 heteroatoms. The summed E-state index contributed by atoms with van der Waals surface area (Å²) in [7, 11) is 4.33. The van der Waals surface area contributed by atoms with E-state index < -0.39 is 0 Å². The van der Waals surface area contributed by atoms with E-state index in [0.717, 1.165) is 51.5 Å². The van der Waals surface area contributed by atoms with E-state index in [1.165, 1.54) is 0 Å². The zero-order chi connectivity index (χ0) is 16.7. The first-order valence-corrected chi connectivity index (χ1v) is 8.78. The number of likely N-dealkylation sites (N-methyl/N-ethyl adjacent to an activating group) is 2. The molecule has 2 fully saturated rings. The molecular formula is C16H32N6O. The highest BCUT2D eigenvalue weighted by molar-refractivity contribution is 5.81. The predicted molar refractivity (Wildman–Crippen MR) is 93.6 cm³/mol. The first-order chi connectivity index (χ1) is 11.1. The number of hydrogen-bond acceptors (Lipinski definition) is 4. The van der Waals surface area contributed by atoms with Gasteiger partial charge < -0.3 is 20.9 Å². The first kappa shape index (κ1) is 18.0. The molecule has 0 spiro atoms. The molecule has 1 unspecified atom stereocenters. The van der Waals surface area contributed by atoms with Gasteiger partial charge in [0.1, 0.15) is 0 Å². The monoisotopic (exact) mass is 324 g/mol. The van der Waals surface area contributed by atoms with Crippen LogP contribution in [0.2, 0.25) is 0 Å². The lowest BCUT2D eigenvalue weighted by atomic mass is 10.2. The molecule has 132 valence electrons. The van der Waals surface area contributed by atoms with Crippen LogP contribution in [0.25, 0.3) is 0 Å². The van der Waals surface area contributed by atoms with Gasteiger partial charge in [0.2, 0.25) is 5.91 Å². The molecule has 2 rings (SSSR count). The molecule has 0 radical (unpaired) electrons. The van der Waals surface area contributed by atoms with Gasteiger partial charge in [-0.1, -0.05) is 0 Å². The van der Waals surface area contributed by atoms with Crippen LogP contribution in [0.1, 0.15) is 19.8 Å². The Bertz CT molecular complexity index is 409. The average Bonchev–Trinajstić information content (AvgIpc) is 3.36. The van der Waals surface area contributed by atoms with Crippen LogP contribution in [-0.2, 0) is 4.79 Å². The van der Waals surface area contributed by atoms with Crippen molar-refractivity contribution in [3.05, 3.63) is 0 Å². The lowest BCUT2D eigenvalue weighted by molar-refractivity contribution is -0.122. The van der Waals surface area contributed by atoms with Crippen LogP contribution in [0.5, 0.6) is 0 Å². The van der Waals surface area contributed by atoms with Gasteiger partial charge in [0.25, 0.3) is 0 Å². The van der Waals surface area contributed by atoms with Crippen LogP contribution in [0.3, 0.4) is 0 Å². The van der Waals surface area contributed by atoms with E-state index in [1.807, 2.05) is 0 Å². The van der Waals surface area contributed by atoms with Crippen LogP contribution in [-0.4, -0.2) is 87.6 Å². The van der Waals surface area contributed by atoms with Gasteiger partial charge in [-0.25, -0.2) is 0 Å². The molecule has 1 saturated heterocycles. The summed E-state index contributed by atoms with van der Waals surface area (Å²) in [5.74, 6) is 1.30. The molecule has 1 amide bonds. The molecule has 7 nitrogen and oxygen atoms in total. The maximum Gasteiger partial charge on any atom is 0.223 e. The Labute approximate surface area is 139 Å². The second-order valence-corrected chi connectivity index (χ2v) is 6.61. The minimum atomic E-state index is 0.195. The van der Waals surface area contributed by atoms with Gasteiger partial charge in [-0.05, 0) is 33.9 Å². The Kier molecular flexibility index (Phi) is 7.11. The zero-order valence-corrected chi connectivity index (χ0v) is 14.8. The van der Waals surface area contributed by atoms with Gasteiger partial charge in [-0.2, -0.15) is 0 Å². The van der Waals surface area contributed by atoms with Crippen molar-refractivity contribution in [2.75, 3.05) is 59.9 Å². The third kappa shape index (κ3) is 6.35. The molecule has 2 aliphatic rings. The van der Waals surface area contributed by atoms with Crippen LogP contribution < -0.4 is 16.0 Å². The number of carbonyl (C=O) groups is 1. The highest BCUT2D eigenvalue weighted by Crippen LogP contribution is 2.28. The fourth-order valence-electron chi connectivity index (χ4n) is 2.69. The van der Waals surface area contributed by atoms with Crippen molar-refractivity contribution < 1.29 is 4.79 Å². The molecular weight excluding hydrogens is 292 g/mol. The minimum Gasteiger partial charge on any atom is -0.357 e. The molecule has 1 heterocycles. The maximum atomic E-state index is 11.6. The average molecular weight is 324 g/mol. The summed E-state index contributed by atoms with van der Waals surface area (Å²) in [4.78, 5) is 21.0. The third-order valence-electron chi connectivity index (χ3n) is 4.45. The van der Waals surface area contributed by atoms with Crippen molar-refractivity contribution in [1.29, 1.82) is 0 Å². The molecule has 0 aromatic heterocycles. The number of aliphatic imine (C=N–C) groups is 1. The Morgan fingerprint density at radius 1 is 1.13 bits per heavy atom. The van der Waals surface area contributed by atoms with E-state index in [9.17, 15) is 4.79 Å². The SMILES string of the molecule is CCNC(=NCC1CN(C)CCN1C)NCCNC(=O)C1CC1. The predicted octanol–water partition coefficient (Wildman–Crippen LogP) is -0.686. The van der Waals surface area contributed by atoms with Crippen molar-refractivity contribution >= 4 is 11.9 Å². The Morgan fingerprint density at radius 3 is 2.57 bits per heavy atom. The molecule has 1 atom stereocenters. The van der Waals surface area contributed by atoms with Crippen LogP contribution in [0, 0.1) is 5.92 Å². The van der Waals surface area contributed by atoms with E-state index in [1.54, 1.807) is 0 Å². The fourth-order valence-corrected chi connectivity index (χ4v) is 2.69. The third-order valence-corrected chi connectivity index (χ3v) is 4.45. The topological polar surface area (TPSA) is 72.0 Å². The van der Waals surface area contributed by atoms with Gasteiger partial charge >= 0.3 is 0 Å². The van der Waals surface area contributed by atoms with Crippen molar-refractivity contribution in [3.8, 4) is 0 Å². The smallest absolute Gasteiger partial charge is 0.223 e. The summed E-state index contributed by atoms with van der Waals surface area (Å²) < 4.78 is 0. The van der Waals surface area contributed by atoms with Gasteiger partial charge in [0, 0.05) is 51.2 Å². The number of nitrogens with zero attached hydrogens (tertiary/aromatic N) is 3. The van der Waals surface area contributed by atoms with Crippen LogP contribution >= 0.6 is 0 Å². The van der Waals surface area contributed by atoms with E-state index in [0.29, 0.717) is 19.1 Å². The molecule has 0 aromatic rings. The van der Waals surface area contributed by atoms with Gasteiger partial charge in [-0.15, -0.1) is 0 Å². The lowest BCUT2D eigenvalue weighted by Gasteiger charge is -2.36. The second kappa shape index (κ2) is 9.08. The highest BCUT2D eigenvalue weighted by atomic mass is 16.2. The lowest BCUT2D eigenvalue weighted by Crippen LogP contribution is -2.51. The minimum absolute atomic E-state index is 0.195. The Balaban J connectivity index is 1.71. The maximum absolute atomic E-state index is 11.6. The zero-order valence-electron chi connectivity index (χ0n) is 14.8. The quantitative estimate of drug-likeness (QED) is 0.329. The van der Waals surface area contributed by atoms with Crippen molar-refractivity contribution in [2.45, 2.75) is 25.8 Å². The molecule has 1 saturated carbocycles. The summed E-state index contributed by atoms with van der Waals surface area (Å²) in [6.07, 6.45) is 2.10. The summed E-state index contributed by atoms with van der Waals surface area (Å²) in [5.41, 5.74) is 0. The number of amides is 1. The molecule has 3 N–H and O–H groups in total. The Morgan fingerprint density at radius 2 is 1.87 bits per heavy atom. The van der Waals surface area contributed by atoms with Crippen molar-refractivity contribution in [2.24, 2.45) is 10.9 Å². The fraction of sp³-hybridized carbons (Fsp3) is 0.875. The number of nitrogens with one attached hydrogen (secondary N) is 3. The molecule has 1 aliphatic heterocycles. The van der Waals surface area contributed by atoms with Crippen molar-refractivity contribution in [3.63, 3.8) is 0 Å². The summed E-state index contributed by atoms with van der Waals surface area (Å²) in [6.45, 7) is 8.29. The number of hydrogen-bond donors (Lipinski definition) is 3. The number of guanidine groups is 1. The normalized spacial score (nSPS) is 23.6. The highest BCUT2D eigenvalue weighted by Gasteiger charge is 2.29. The van der Waals surface area contributed by atoms with Gasteiger partial charge in [0.15, 0.2) is 5.96 Å². The molecule has 1 aliphatic carbocycles. The summed E-state index contributed by atoms with van der Waals surface area (Å²) in [5, 5.41) is 9.52. The standard InChI is InChI=1S/C16H32N6O/c1-4-17-16(19-8-7-18-15(23)13-5-6-13)20-11-14-12-21(2)9-10-22(14)3/h13-14H,4-12H2,1-3H3,(H,18,23)(H2,17,19,20). The van der Waals surface area contributed by atoms with Crippen LogP contribution in [0.15, 0.2) is 4.99 Å². The van der Waals surface area contributed by atoms with E-state index in [4.69, 9.17) is 4.99 Å². The summed E-state index contributed by atoms with van der Waals surface area (Å²) >= 11 is 0. The Hall–Kier alpha value is -1.34. The van der Waals surface area contributed by atoms with Gasteiger partial charge in [-0.3, -0.25) is 14.7 Å². The van der Waals surface area contributed by atoms with E-state index in [2.05, 4.69) is 46.8 Å². The first-order valence-electron chi connectivity index (χ1n) is 8.78. The summed E-state index contributed by atoms with van der Waals surface area (Å²) in [6, 6.07) is 0.457. The van der Waals surface area contributed by atoms with E-state index >= 15 is 0 Å². The van der Waals surface area contributed by atoms with Gasteiger partial charge in [0.05, 0.1) is 6.54 Å². The molecule has 0 aromatic carbocycles. The second-order valence-electron chi connectivity index (χ2n) is 6.61. The molecule has 0 bridgehead atoms. The molecule has 23 heavy (non-hydrogen) atoms. The largest absolute Gasteiger partial charge is 0.357 e. The van der Waals surface area contributed by atoms with E-state index in [-0.39, 0.29) is 11.8 Å². The number of piperazine rings is 1. The van der Waals surface area contributed by atoms with Crippen LogP contribution in [0.4, 0.5) is 0 Å². The van der Waals surface area contributed by atoms with Crippen molar-refractivity contribution in [1.82, 2.24) is 25.8 Å².